The molecule has 0 aromatic heterocycles. The van der Waals surface area contributed by atoms with Crippen molar-refractivity contribution in [1.82, 2.24) is 0 Å². The van der Waals surface area contributed by atoms with Crippen LogP contribution in [0.2, 0.25) is 0 Å². The Morgan fingerprint density at radius 2 is 1.72 bits per heavy atom. The van der Waals surface area contributed by atoms with Crippen molar-refractivity contribution >= 4 is 17.0 Å². The predicted octanol–water partition coefficient (Wildman–Crippen LogP) is 5.08. The highest BCUT2D eigenvalue weighted by molar-refractivity contribution is 6.01. The lowest BCUT2D eigenvalue weighted by Crippen LogP contribution is -2.47. The second kappa shape index (κ2) is 6.29. The van der Waals surface area contributed by atoms with Gasteiger partial charge in [0.25, 0.3) is 0 Å². The van der Waals surface area contributed by atoms with Gasteiger partial charge in [-0.05, 0) is 36.5 Å². The van der Waals surface area contributed by atoms with E-state index in [0.717, 1.165) is 41.0 Å². The van der Waals surface area contributed by atoms with Gasteiger partial charge in [-0.2, -0.15) is 5.26 Å². The van der Waals surface area contributed by atoms with Crippen LogP contribution >= 0.6 is 0 Å². The highest BCUT2D eigenvalue weighted by atomic mass is 16.5. The molecular weight excluding hydrogens is 308 g/mol. The first-order chi connectivity index (χ1) is 12.3. The normalized spacial score (nSPS) is 22.9. The first-order valence-electron chi connectivity index (χ1n) is 8.93. The second-order valence-corrected chi connectivity index (χ2v) is 6.85. The Morgan fingerprint density at radius 3 is 2.40 bits per heavy atom. The molecule has 4 rings (SSSR count). The fourth-order valence-electron chi connectivity index (χ4n) is 4.39. The number of benzene rings is 2. The van der Waals surface area contributed by atoms with Crippen LogP contribution in [0, 0.1) is 17.2 Å². The monoisotopic (exact) mass is 330 g/mol. The van der Waals surface area contributed by atoms with Gasteiger partial charge in [-0.15, -0.1) is 0 Å². The molecule has 0 amide bonds. The summed E-state index contributed by atoms with van der Waals surface area (Å²) in [4.78, 5) is 0. The van der Waals surface area contributed by atoms with Crippen LogP contribution in [0.5, 0.6) is 0 Å². The predicted molar refractivity (Wildman–Crippen MR) is 101 cm³/mol. The summed E-state index contributed by atoms with van der Waals surface area (Å²) in [5.74, 6) is 1.10. The summed E-state index contributed by atoms with van der Waals surface area (Å²) in [6, 6.07) is 21.0. The minimum atomic E-state index is -0.752. The van der Waals surface area contributed by atoms with Crippen LogP contribution in [0.1, 0.15) is 36.8 Å². The number of ether oxygens (including phenoxy) is 1. The number of para-hydroxylation sites is 1. The molecule has 2 aromatic carbocycles. The Labute approximate surface area is 148 Å². The average Bonchev–Trinajstić information content (AvgIpc) is 3.22. The summed E-state index contributed by atoms with van der Waals surface area (Å²) in [5, 5.41) is 14.0. The van der Waals surface area contributed by atoms with Crippen LogP contribution in [0.4, 0.5) is 5.69 Å². The molecule has 1 aliphatic carbocycles. The zero-order chi connectivity index (χ0) is 17.3. The van der Waals surface area contributed by atoms with Crippen molar-refractivity contribution in [3.63, 3.8) is 0 Å². The smallest absolute Gasteiger partial charge is 0.158 e. The van der Waals surface area contributed by atoms with Gasteiger partial charge in [-0.1, -0.05) is 55.3 Å². The first-order valence-corrected chi connectivity index (χ1v) is 8.93. The number of methoxy groups -OCH3 is 1. The molecule has 3 nitrogen and oxygen atoms in total. The average molecular weight is 330 g/mol. The summed E-state index contributed by atoms with van der Waals surface area (Å²) in [5.41, 5.74) is 3.27. The third-order valence-corrected chi connectivity index (χ3v) is 5.54. The summed E-state index contributed by atoms with van der Waals surface area (Å²) in [7, 11) is 1.71. The van der Waals surface area contributed by atoms with Crippen molar-refractivity contribution in [2.45, 2.75) is 31.2 Å². The summed E-state index contributed by atoms with van der Waals surface area (Å²) >= 11 is 0. The fourth-order valence-corrected chi connectivity index (χ4v) is 4.39. The maximum atomic E-state index is 10.4. The molecule has 1 N–H and O–H groups in total. The molecule has 1 unspecified atom stereocenters. The topological polar surface area (TPSA) is 45.0 Å². The molecule has 0 saturated heterocycles. The van der Waals surface area contributed by atoms with E-state index >= 15 is 0 Å². The van der Waals surface area contributed by atoms with Crippen molar-refractivity contribution in [2.24, 2.45) is 5.92 Å². The van der Waals surface area contributed by atoms with Gasteiger partial charge < -0.3 is 10.1 Å². The van der Waals surface area contributed by atoms with Gasteiger partial charge in [-0.3, -0.25) is 0 Å². The Bertz CT molecular complexity index is 844. The van der Waals surface area contributed by atoms with Crippen molar-refractivity contribution in [3.05, 3.63) is 65.7 Å². The molecule has 25 heavy (non-hydrogen) atoms. The fraction of sp³-hybridized carbons (Fsp3) is 0.318. The van der Waals surface area contributed by atoms with Crippen molar-refractivity contribution < 1.29 is 4.74 Å². The summed E-state index contributed by atoms with van der Waals surface area (Å²) < 4.78 is 5.89. The van der Waals surface area contributed by atoms with E-state index in [1.54, 1.807) is 7.11 Å². The lowest BCUT2D eigenvalue weighted by atomic mass is 9.71. The van der Waals surface area contributed by atoms with Gasteiger partial charge >= 0.3 is 0 Å². The Morgan fingerprint density at radius 1 is 1.04 bits per heavy atom. The van der Waals surface area contributed by atoms with Gasteiger partial charge in [0.05, 0.1) is 13.2 Å². The maximum absolute atomic E-state index is 10.4. The van der Waals surface area contributed by atoms with E-state index in [-0.39, 0.29) is 5.92 Å². The molecule has 1 aliphatic heterocycles. The van der Waals surface area contributed by atoms with Crippen molar-refractivity contribution in [2.75, 3.05) is 12.4 Å². The zero-order valence-electron chi connectivity index (χ0n) is 14.5. The number of hydrogen-bond donors (Lipinski definition) is 1. The first kappa shape index (κ1) is 15.8. The molecule has 126 valence electrons. The van der Waals surface area contributed by atoms with Crippen LogP contribution in [-0.2, 0) is 4.74 Å². The van der Waals surface area contributed by atoms with E-state index in [1.807, 2.05) is 36.4 Å². The standard InChI is InChI=1S/C22H22N2O/c1-25-21-18-13-7-8-14-19(18)24-22(15-23,17-11-5-6-12-17)20(21)16-9-3-2-4-10-16/h2-4,7-10,13-14,17,24H,5-6,11-12H2,1H3. The largest absolute Gasteiger partial charge is 0.496 e. The van der Waals surface area contributed by atoms with E-state index in [2.05, 4.69) is 29.6 Å². The molecule has 0 spiro atoms. The van der Waals surface area contributed by atoms with Crippen molar-refractivity contribution in [1.29, 1.82) is 5.26 Å². The second-order valence-electron chi connectivity index (χ2n) is 6.85. The highest BCUT2D eigenvalue weighted by Crippen LogP contribution is 2.50. The molecule has 1 atom stereocenters. The molecule has 2 aromatic rings. The number of hydrogen-bond acceptors (Lipinski definition) is 3. The molecule has 3 heteroatoms. The Hall–Kier alpha value is -2.73. The maximum Gasteiger partial charge on any atom is 0.158 e. The van der Waals surface area contributed by atoms with Gasteiger partial charge in [0.1, 0.15) is 5.76 Å². The lowest BCUT2D eigenvalue weighted by Gasteiger charge is -2.41. The van der Waals surface area contributed by atoms with Crippen LogP contribution in [-0.4, -0.2) is 12.6 Å². The quantitative estimate of drug-likeness (QED) is 0.853. The highest BCUT2D eigenvalue weighted by Gasteiger charge is 2.49. The number of anilines is 1. The molecule has 1 saturated carbocycles. The lowest BCUT2D eigenvalue weighted by molar-refractivity contribution is 0.361. The molecule has 2 aliphatic rings. The van der Waals surface area contributed by atoms with Crippen LogP contribution < -0.4 is 5.32 Å². The van der Waals surface area contributed by atoms with E-state index in [4.69, 9.17) is 4.74 Å². The van der Waals surface area contributed by atoms with E-state index in [9.17, 15) is 5.26 Å². The summed E-state index contributed by atoms with van der Waals surface area (Å²) in [6.45, 7) is 0. The van der Waals surface area contributed by atoms with Crippen molar-refractivity contribution in [3.8, 4) is 6.07 Å². The van der Waals surface area contributed by atoms with Gasteiger partial charge in [0, 0.05) is 16.8 Å². The van der Waals surface area contributed by atoms with E-state index in [1.165, 1.54) is 12.8 Å². The van der Waals surface area contributed by atoms with Crippen LogP contribution in [0.3, 0.4) is 0 Å². The number of nitriles is 1. The SMILES string of the molecule is COC1=C(c2ccccc2)C(C#N)(C2CCCC2)Nc2ccccc21. The van der Waals surface area contributed by atoms with Gasteiger partial charge in [0.2, 0.25) is 0 Å². The van der Waals surface area contributed by atoms with E-state index < -0.39 is 5.54 Å². The molecular formula is C22H22N2O. The summed E-state index contributed by atoms with van der Waals surface area (Å²) in [6.07, 6.45) is 4.50. The van der Waals surface area contributed by atoms with Crippen LogP contribution in [0.25, 0.3) is 11.3 Å². The zero-order valence-corrected chi connectivity index (χ0v) is 14.5. The Kier molecular flexibility index (Phi) is 3.97. The number of nitrogens with zero attached hydrogens (tertiary/aromatic N) is 1. The third-order valence-electron chi connectivity index (χ3n) is 5.54. The molecule has 0 bridgehead atoms. The minimum Gasteiger partial charge on any atom is -0.496 e. The molecule has 0 radical (unpaired) electrons. The number of rotatable bonds is 3. The minimum absolute atomic E-state index is 0.284. The molecule has 1 heterocycles. The number of nitrogens with one attached hydrogen (secondary N) is 1. The van der Waals surface area contributed by atoms with Gasteiger partial charge in [-0.25, -0.2) is 0 Å². The van der Waals surface area contributed by atoms with E-state index in [0.29, 0.717) is 0 Å². The van der Waals surface area contributed by atoms with Crippen LogP contribution in [0.15, 0.2) is 54.6 Å². The Balaban J connectivity index is 2.02. The third kappa shape index (κ3) is 2.41. The van der Waals surface area contributed by atoms with Gasteiger partial charge in [0.15, 0.2) is 5.54 Å². The molecule has 1 fully saturated rings. The number of fused-ring (bicyclic) bond motifs is 1.